The average Bonchev–Trinajstić information content (AvgIpc) is 2.39. The molecule has 0 radical (unpaired) electrons. The van der Waals surface area contributed by atoms with Gasteiger partial charge in [0.2, 0.25) is 5.88 Å². The highest BCUT2D eigenvalue weighted by Crippen LogP contribution is 2.22. The van der Waals surface area contributed by atoms with Crippen molar-refractivity contribution in [2.45, 2.75) is 13.0 Å². The molecular weight excluding hydrogens is 245 g/mol. The summed E-state index contributed by atoms with van der Waals surface area (Å²) in [7, 11) is 0. The maximum atomic E-state index is 13.4. The van der Waals surface area contributed by atoms with Crippen LogP contribution in [0.1, 0.15) is 24.1 Å². The first-order valence-electron chi connectivity index (χ1n) is 5.69. The van der Waals surface area contributed by atoms with Gasteiger partial charge in [-0.1, -0.05) is 6.07 Å². The van der Waals surface area contributed by atoms with Crippen LogP contribution in [-0.4, -0.2) is 4.98 Å². The van der Waals surface area contributed by atoms with Crippen LogP contribution >= 0.6 is 0 Å². The summed E-state index contributed by atoms with van der Waals surface area (Å²) in [4.78, 5) is 4.08. The van der Waals surface area contributed by atoms with E-state index < -0.39 is 5.82 Å². The smallest absolute Gasteiger partial charge is 0.219 e. The minimum absolute atomic E-state index is 0.0207. The van der Waals surface area contributed by atoms with Crippen molar-refractivity contribution in [3.05, 3.63) is 53.5 Å². The van der Waals surface area contributed by atoms with E-state index in [0.717, 1.165) is 11.6 Å². The van der Waals surface area contributed by atoms with Gasteiger partial charge in [0.05, 0.1) is 5.56 Å². The zero-order valence-corrected chi connectivity index (χ0v) is 10.3. The van der Waals surface area contributed by atoms with E-state index in [9.17, 15) is 4.39 Å². The van der Waals surface area contributed by atoms with Crippen molar-refractivity contribution in [2.24, 2.45) is 5.73 Å². The molecule has 1 aromatic heterocycles. The monoisotopic (exact) mass is 257 g/mol. The third-order valence-corrected chi connectivity index (χ3v) is 2.57. The molecule has 0 bridgehead atoms. The highest BCUT2D eigenvalue weighted by atomic mass is 19.1. The van der Waals surface area contributed by atoms with E-state index >= 15 is 0 Å². The minimum atomic E-state index is -0.618. The first-order chi connectivity index (χ1) is 9.10. The van der Waals surface area contributed by atoms with Crippen LogP contribution in [-0.2, 0) is 0 Å². The largest absolute Gasteiger partial charge is 0.439 e. The lowest BCUT2D eigenvalue weighted by Gasteiger charge is -2.07. The Balaban J connectivity index is 2.17. The Morgan fingerprint density at radius 2 is 2.16 bits per heavy atom. The predicted molar refractivity (Wildman–Crippen MR) is 68.0 cm³/mol. The number of pyridine rings is 1. The molecule has 2 rings (SSSR count). The van der Waals surface area contributed by atoms with Gasteiger partial charge in [-0.25, -0.2) is 9.37 Å². The molecule has 1 aromatic carbocycles. The van der Waals surface area contributed by atoms with Crippen LogP contribution in [0.15, 0.2) is 36.5 Å². The van der Waals surface area contributed by atoms with Crippen molar-refractivity contribution in [3.63, 3.8) is 0 Å². The topological polar surface area (TPSA) is 71.9 Å². The average molecular weight is 257 g/mol. The van der Waals surface area contributed by atoms with E-state index in [1.807, 2.05) is 6.92 Å². The Bertz CT molecular complexity index is 618. The molecule has 1 heterocycles. The zero-order valence-electron chi connectivity index (χ0n) is 10.3. The van der Waals surface area contributed by atoms with Crippen LogP contribution in [0.2, 0.25) is 0 Å². The van der Waals surface area contributed by atoms with Crippen LogP contribution in [0.25, 0.3) is 0 Å². The van der Waals surface area contributed by atoms with Gasteiger partial charge < -0.3 is 10.5 Å². The summed E-state index contributed by atoms with van der Waals surface area (Å²) in [5.41, 5.74) is 6.57. The number of aromatic nitrogens is 1. The normalized spacial score (nSPS) is 11.7. The molecule has 2 N–H and O–H groups in total. The summed E-state index contributed by atoms with van der Waals surface area (Å²) in [6.45, 7) is 1.85. The number of hydrogen-bond donors (Lipinski definition) is 1. The number of halogens is 1. The Morgan fingerprint density at radius 3 is 2.68 bits per heavy atom. The number of nitrogens with two attached hydrogens (primary N) is 1. The van der Waals surface area contributed by atoms with Gasteiger partial charge in [-0.3, -0.25) is 0 Å². The Kier molecular flexibility index (Phi) is 3.74. The van der Waals surface area contributed by atoms with Gasteiger partial charge in [0, 0.05) is 24.4 Å². The van der Waals surface area contributed by atoms with Crippen LogP contribution < -0.4 is 10.5 Å². The molecule has 0 aliphatic carbocycles. The summed E-state index contributed by atoms with van der Waals surface area (Å²) in [6, 6.07) is 9.13. The number of ether oxygens (including phenoxy) is 1. The van der Waals surface area contributed by atoms with E-state index in [2.05, 4.69) is 4.98 Å². The minimum Gasteiger partial charge on any atom is -0.439 e. The second kappa shape index (κ2) is 5.46. The van der Waals surface area contributed by atoms with Gasteiger partial charge in [-0.05, 0) is 24.6 Å². The molecular formula is C14H12FN3O. The third kappa shape index (κ3) is 3.06. The summed E-state index contributed by atoms with van der Waals surface area (Å²) in [6.07, 6.45) is 1.61. The van der Waals surface area contributed by atoms with Crippen molar-refractivity contribution >= 4 is 0 Å². The number of hydrogen-bond acceptors (Lipinski definition) is 4. The summed E-state index contributed by atoms with van der Waals surface area (Å²) >= 11 is 0. The molecule has 2 aromatic rings. The molecule has 0 aliphatic rings. The predicted octanol–water partition coefficient (Wildman–Crippen LogP) is 2.90. The molecule has 0 amide bonds. The highest BCUT2D eigenvalue weighted by molar-refractivity contribution is 5.37. The quantitative estimate of drug-likeness (QED) is 0.917. The summed E-state index contributed by atoms with van der Waals surface area (Å²) in [5, 5.41) is 8.63. The molecule has 0 saturated carbocycles. The van der Waals surface area contributed by atoms with Crippen molar-refractivity contribution in [1.82, 2.24) is 4.98 Å². The van der Waals surface area contributed by atoms with Gasteiger partial charge in [-0.2, -0.15) is 5.26 Å². The van der Waals surface area contributed by atoms with Crippen LogP contribution in [0.5, 0.6) is 11.6 Å². The number of benzene rings is 1. The first kappa shape index (κ1) is 13.0. The fraction of sp³-hybridized carbons (Fsp3) is 0.143. The maximum absolute atomic E-state index is 13.4. The van der Waals surface area contributed by atoms with Gasteiger partial charge in [0.1, 0.15) is 17.6 Å². The van der Waals surface area contributed by atoms with Crippen molar-refractivity contribution < 1.29 is 9.13 Å². The van der Waals surface area contributed by atoms with E-state index in [1.165, 1.54) is 12.1 Å². The standard InChI is InChI=1S/C14H12FN3O/c1-9(17)11-3-5-14(18-8-11)19-12-4-2-10(7-16)13(15)6-12/h2-6,8-9H,17H2,1H3/t9-/m1/s1. The van der Waals surface area contributed by atoms with Crippen LogP contribution in [0, 0.1) is 17.1 Å². The summed E-state index contributed by atoms with van der Waals surface area (Å²) in [5.74, 6) is 0.0123. The number of nitriles is 1. The van der Waals surface area contributed by atoms with Gasteiger partial charge in [0.25, 0.3) is 0 Å². The SMILES string of the molecule is C[C@@H](N)c1ccc(Oc2ccc(C#N)c(F)c2)nc1. The fourth-order valence-corrected chi connectivity index (χ4v) is 1.49. The molecule has 0 unspecified atom stereocenters. The lowest BCUT2D eigenvalue weighted by molar-refractivity contribution is 0.457. The third-order valence-electron chi connectivity index (χ3n) is 2.57. The molecule has 0 fully saturated rings. The molecule has 1 atom stereocenters. The molecule has 19 heavy (non-hydrogen) atoms. The number of nitrogens with zero attached hydrogens (tertiary/aromatic N) is 2. The Morgan fingerprint density at radius 1 is 1.37 bits per heavy atom. The molecule has 0 saturated heterocycles. The molecule has 5 heteroatoms. The number of rotatable bonds is 3. The van der Waals surface area contributed by atoms with E-state index in [4.69, 9.17) is 15.7 Å². The molecule has 4 nitrogen and oxygen atoms in total. The lowest BCUT2D eigenvalue weighted by atomic mass is 10.2. The van der Waals surface area contributed by atoms with Crippen molar-refractivity contribution in [2.75, 3.05) is 0 Å². The van der Waals surface area contributed by atoms with Gasteiger partial charge in [0.15, 0.2) is 0 Å². The lowest BCUT2D eigenvalue weighted by Crippen LogP contribution is -2.05. The van der Waals surface area contributed by atoms with Crippen molar-refractivity contribution in [1.29, 1.82) is 5.26 Å². The van der Waals surface area contributed by atoms with Gasteiger partial charge >= 0.3 is 0 Å². The zero-order chi connectivity index (χ0) is 13.8. The molecule has 0 aliphatic heterocycles. The molecule has 96 valence electrons. The first-order valence-corrected chi connectivity index (χ1v) is 5.69. The van der Waals surface area contributed by atoms with Crippen LogP contribution in [0.3, 0.4) is 0 Å². The second-order valence-corrected chi connectivity index (χ2v) is 4.07. The van der Waals surface area contributed by atoms with Gasteiger partial charge in [-0.15, -0.1) is 0 Å². The highest BCUT2D eigenvalue weighted by Gasteiger charge is 2.06. The van der Waals surface area contributed by atoms with E-state index in [-0.39, 0.29) is 17.4 Å². The van der Waals surface area contributed by atoms with E-state index in [1.54, 1.807) is 24.4 Å². The Labute approximate surface area is 110 Å². The fourth-order valence-electron chi connectivity index (χ4n) is 1.49. The van der Waals surface area contributed by atoms with Crippen molar-refractivity contribution in [3.8, 4) is 17.7 Å². The molecule has 0 spiro atoms. The summed E-state index contributed by atoms with van der Waals surface area (Å²) < 4.78 is 18.8. The Hall–Kier alpha value is -2.45. The van der Waals surface area contributed by atoms with E-state index in [0.29, 0.717) is 5.88 Å². The second-order valence-electron chi connectivity index (χ2n) is 4.07. The van der Waals surface area contributed by atoms with Crippen LogP contribution in [0.4, 0.5) is 4.39 Å². The maximum Gasteiger partial charge on any atom is 0.219 e.